The lowest BCUT2D eigenvalue weighted by atomic mass is 9.81. The number of carboxylic acid groups (broad SMARTS) is 1. The molecule has 0 bridgehead atoms. The van der Waals surface area contributed by atoms with Crippen molar-refractivity contribution >= 4 is 5.97 Å². The van der Waals surface area contributed by atoms with Crippen molar-refractivity contribution in [1.82, 2.24) is 0 Å². The molecule has 92 valence electrons. The highest BCUT2D eigenvalue weighted by Crippen LogP contribution is 2.32. The Balaban J connectivity index is 2.07. The van der Waals surface area contributed by atoms with Crippen LogP contribution >= 0.6 is 0 Å². The van der Waals surface area contributed by atoms with Crippen LogP contribution < -0.4 is 5.73 Å². The van der Waals surface area contributed by atoms with Gasteiger partial charge in [-0.05, 0) is 36.5 Å². The number of rotatable bonds is 3. The van der Waals surface area contributed by atoms with Gasteiger partial charge < -0.3 is 10.8 Å². The lowest BCUT2D eigenvalue weighted by molar-refractivity contribution is 0.0697. The normalized spacial score (nSPS) is 18.9. The highest BCUT2D eigenvalue weighted by Gasteiger charge is 2.21. The van der Waals surface area contributed by atoms with Crippen molar-refractivity contribution in [3.63, 3.8) is 0 Å². The average molecular weight is 233 g/mol. The maximum absolute atomic E-state index is 10.8. The molecule has 1 aliphatic carbocycles. The van der Waals surface area contributed by atoms with Crippen molar-refractivity contribution in [1.29, 1.82) is 0 Å². The molecule has 0 spiro atoms. The quantitative estimate of drug-likeness (QED) is 0.843. The number of benzene rings is 1. The van der Waals surface area contributed by atoms with Gasteiger partial charge in [-0.2, -0.15) is 0 Å². The van der Waals surface area contributed by atoms with E-state index in [1.54, 1.807) is 12.1 Å². The molecule has 1 fully saturated rings. The van der Waals surface area contributed by atoms with E-state index in [1.807, 2.05) is 12.1 Å². The molecule has 0 amide bonds. The van der Waals surface area contributed by atoms with Crippen molar-refractivity contribution in [2.24, 2.45) is 11.7 Å². The van der Waals surface area contributed by atoms with Crippen LogP contribution in [0.15, 0.2) is 24.3 Å². The minimum absolute atomic E-state index is 0.0538. The summed E-state index contributed by atoms with van der Waals surface area (Å²) in [5.41, 5.74) is 7.63. The predicted octanol–water partition coefficient (Wildman–Crippen LogP) is 2.96. The number of hydrogen-bond donors (Lipinski definition) is 2. The molecule has 1 unspecified atom stereocenters. The van der Waals surface area contributed by atoms with Gasteiger partial charge in [0, 0.05) is 6.04 Å². The molecule has 1 aromatic rings. The Morgan fingerprint density at radius 2 is 1.76 bits per heavy atom. The van der Waals surface area contributed by atoms with Gasteiger partial charge in [0.1, 0.15) is 0 Å². The van der Waals surface area contributed by atoms with E-state index < -0.39 is 5.97 Å². The van der Waals surface area contributed by atoms with Crippen LogP contribution in [0.4, 0.5) is 0 Å². The third-order valence-corrected chi connectivity index (χ3v) is 3.70. The zero-order valence-electron chi connectivity index (χ0n) is 9.93. The predicted molar refractivity (Wildman–Crippen MR) is 66.9 cm³/mol. The molecule has 0 heterocycles. The Morgan fingerprint density at radius 3 is 2.29 bits per heavy atom. The summed E-state index contributed by atoms with van der Waals surface area (Å²) in [5.74, 6) is -0.331. The molecule has 3 heteroatoms. The molecular weight excluding hydrogens is 214 g/mol. The summed E-state index contributed by atoms with van der Waals surface area (Å²) in [5, 5.41) is 8.83. The minimum atomic E-state index is -0.886. The van der Waals surface area contributed by atoms with Gasteiger partial charge >= 0.3 is 5.97 Å². The maximum Gasteiger partial charge on any atom is 0.335 e. The van der Waals surface area contributed by atoms with Gasteiger partial charge in [-0.1, -0.05) is 31.4 Å². The van der Waals surface area contributed by atoms with Gasteiger partial charge in [-0.25, -0.2) is 4.79 Å². The summed E-state index contributed by atoms with van der Waals surface area (Å²) < 4.78 is 0. The first-order chi connectivity index (χ1) is 8.18. The van der Waals surface area contributed by atoms with Crippen LogP contribution in [0.3, 0.4) is 0 Å². The van der Waals surface area contributed by atoms with Crippen molar-refractivity contribution in [3.05, 3.63) is 35.4 Å². The van der Waals surface area contributed by atoms with Crippen LogP contribution in [0.25, 0.3) is 0 Å². The average Bonchev–Trinajstić information content (AvgIpc) is 2.39. The summed E-state index contributed by atoms with van der Waals surface area (Å²) in [7, 11) is 0. The SMILES string of the molecule is NC(c1ccc(C(=O)O)cc1)C1CCCCC1. The van der Waals surface area contributed by atoms with Crippen LogP contribution in [0.1, 0.15) is 54.1 Å². The van der Waals surface area contributed by atoms with E-state index in [0.717, 1.165) is 5.56 Å². The monoisotopic (exact) mass is 233 g/mol. The van der Waals surface area contributed by atoms with Crippen LogP contribution in [0.2, 0.25) is 0 Å². The van der Waals surface area contributed by atoms with E-state index >= 15 is 0 Å². The molecule has 17 heavy (non-hydrogen) atoms. The summed E-state index contributed by atoms with van der Waals surface area (Å²) in [6.07, 6.45) is 6.25. The Bertz CT molecular complexity index is 380. The van der Waals surface area contributed by atoms with Gasteiger partial charge in [0.05, 0.1) is 5.56 Å². The van der Waals surface area contributed by atoms with Crippen molar-refractivity contribution in [2.75, 3.05) is 0 Å². The van der Waals surface area contributed by atoms with Crippen molar-refractivity contribution in [2.45, 2.75) is 38.1 Å². The van der Waals surface area contributed by atoms with E-state index in [9.17, 15) is 4.79 Å². The van der Waals surface area contributed by atoms with Crippen molar-refractivity contribution in [3.8, 4) is 0 Å². The largest absolute Gasteiger partial charge is 0.478 e. The van der Waals surface area contributed by atoms with Gasteiger partial charge in [-0.15, -0.1) is 0 Å². The lowest BCUT2D eigenvalue weighted by Gasteiger charge is -2.27. The zero-order chi connectivity index (χ0) is 12.3. The standard InChI is InChI=1S/C14H19NO2/c15-13(10-4-2-1-3-5-10)11-6-8-12(9-7-11)14(16)17/h6-10,13H,1-5,15H2,(H,16,17). The Kier molecular flexibility index (Phi) is 3.79. The first-order valence-corrected chi connectivity index (χ1v) is 6.27. The molecule has 3 nitrogen and oxygen atoms in total. The minimum Gasteiger partial charge on any atom is -0.478 e. The number of carboxylic acids is 1. The zero-order valence-corrected chi connectivity index (χ0v) is 9.93. The fourth-order valence-corrected chi connectivity index (χ4v) is 2.61. The van der Waals surface area contributed by atoms with E-state index in [1.165, 1.54) is 32.1 Å². The first-order valence-electron chi connectivity index (χ1n) is 6.27. The molecule has 1 aromatic carbocycles. The number of nitrogens with two attached hydrogens (primary N) is 1. The molecule has 0 radical (unpaired) electrons. The maximum atomic E-state index is 10.8. The van der Waals surface area contributed by atoms with Gasteiger partial charge in [0.2, 0.25) is 0 Å². The highest BCUT2D eigenvalue weighted by molar-refractivity contribution is 5.87. The Labute approximate surface area is 102 Å². The summed E-state index contributed by atoms with van der Waals surface area (Å²) >= 11 is 0. The number of carbonyl (C=O) groups is 1. The molecule has 1 saturated carbocycles. The molecule has 0 aliphatic heterocycles. The summed E-state index contributed by atoms with van der Waals surface area (Å²) in [4.78, 5) is 10.8. The van der Waals surface area contributed by atoms with E-state index in [4.69, 9.17) is 10.8 Å². The summed E-state index contributed by atoms with van der Waals surface area (Å²) in [6.45, 7) is 0. The van der Waals surface area contributed by atoms with Crippen LogP contribution in [-0.4, -0.2) is 11.1 Å². The fraction of sp³-hybridized carbons (Fsp3) is 0.500. The second-order valence-corrected chi connectivity index (χ2v) is 4.85. The first kappa shape index (κ1) is 12.1. The molecule has 1 atom stereocenters. The Hall–Kier alpha value is -1.35. The highest BCUT2D eigenvalue weighted by atomic mass is 16.4. The van der Waals surface area contributed by atoms with Crippen LogP contribution in [-0.2, 0) is 0 Å². The number of aromatic carboxylic acids is 1. The molecular formula is C14H19NO2. The van der Waals surface area contributed by atoms with Crippen molar-refractivity contribution < 1.29 is 9.90 Å². The fourth-order valence-electron chi connectivity index (χ4n) is 2.61. The smallest absolute Gasteiger partial charge is 0.335 e. The molecule has 1 aliphatic rings. The molecule has 0 saturated heterocycles. The third-order valence-electron chi connectivity index (χ3n) is 3.70. The van der Waals surface area contributed by atoms with E-state index in [2.05, 4.69) is 0 Å². The Morgan fingerprint density at radius 1 is 1.18 bits per heavy atom. The third kappa shape index (κ3) is 2.86. The van der Waals surface area contributed by atoms with Gasteiger partial charge in [-0.3, -0.25) is 0 Å². The van der Waals surface area contributed by atoms with Gasteiger partial charge in [0.15, 0.2) is 0 Å². The van der Waals surface area contributed by atoms with Crippen LogP contribution in [0.5, 0.6) is 0 Å². The molecule has 2 rings (SSSR count). The van der Waals surface area contributed by atoms with E-state index in [0.29, 0.717) is 11.5 Å². The summed E-state index contributed by atoms with van der Waals surface area (Å²) in [6, 6.07) is 7.03. The second-order valence-electron chi connectivity index (χ2n) is 4.85. The van der Waals surface area contributed by atoms with E-state index in [-0.39, 0.29) is 6.04 Å². The molecule has 0 aromatic heterocycles. The van der Waals surface area contributed by atoms with Crippen LogP contribution in [0, 0.1) is 5.92 Å². The van der Waals surface area contributed by atoms with Gasteiger partial charge in [0.25, 0.3) is 0 Å². The second kappa shape index (κ2) is 5.32. The molecule has 3 N–H and O–H groups in total. The lowest BCUT2D eigenvalue weighted by Crippen LogP contribution is -2.23. The number of hydrogen-bond acceptors (Lipinski definition) is 2. The topological polar surface area (TPSA) is 63.3 Å².